The van der Waals surface area contributed by atoms with Gasteiger partial charge in [-0.3, -0.25) is 14.7 Å². The molecule has 0 atom stereocenters. The molecule has 1 saturated carbocycles. The Kier molecular flexibility index (Phi) is 6.26. The van der Waals surface area contributed by atoms with Gasteiger partial charge in [0.1, 0.15) is 0 Å². The number of nitrogens with zero attached hydrogens (tertiary/aromatic N) is 2. The zero-order valence-electron chi connectivity index (χ0n) is 16.2. The minimum Gasteiger partial charge on any atom is -0.480 e. The molecule has 28 heavy (non-hydrogen) atoms. The average Bonchev–Trinajstić information content (AvgIpc) is 2.65. The summed E-state index contributed by atoms with van der Waals surface area (Å²) in [6, 6.07) is 11.8. The first kappa shape index (κ1) is 19.8. The summed E-state index contributed by atoms with van der Waals surface area (Å²) in [5, 5.41) is 14.8. The van der Waals surface area contributed by atoms with Gasteiger partial charge in [-0.15, -0.1) is 0 Å². The number of aliphatic carboxylic acids is 1. The molecule has 2 amide bonds. The summed E-state index contributed by atoms with van der Waals surface area (Å²) < 4.78 is 0. The van der Waals surface area contributed by atoms with Gasteiger partial charge in [0.25, 0.3) is 0 Å². The molecule has 0 radical (unpaired) electrons. The highest BCUT2D eigenvalue weighted by molar-refractivity contribution is 5.91. The molecule has 1 fully saturated rings. The number of pyridine rings is 1. The number of hydrogen-bond acceptors (Lipinski definition) is 4. The molecule has 1 aliphatic rings. The molecule has 2 aromatic rings. The Morgan fingerprint density at radius 2 is 1.93 bits per heavy atom. The molecule has 1 aromatic carbocycles. The van der Waals surface area contributed by atoms with Crippen LogP contribution in [0.3, 0.4) is 0 Å². The van der Waals surface area contributed by atoms with Gasteiger partial charge in [0.15, 0.2) is 0 Å². The van der Waals surface area contributed by atoms with E-state index < -0.39 is 5.97 Å². The highest BCUT2D eigenvalue weighted by atomic mass is 16.4. The van der Waals surface area contributed by atoms with E-state index in [0.717, 1.165) is 29.7 Å². The van der Waals surface area contributed by atoms with Crippen LogP contribution < -0.4 is 10.6 Å². The van der Waals surface area contributed by atoms with Gasteiger partial charge in [0, 0.05) is 23.8 Å². The molecule has 0 aliphatic heterocycles. The van der Waals surface area contributed by atoms with Crippen LogP contribution in [0, 0.1) is 6.92 Å². The quantitative estimate of drug-likeness (QED) is 0.684. The third-order valence-corrected chi connectivity index (χ3v) is 5.15. The van der Waals surface area contributed by atoms with Crippen LogP contribution in [0.4, 0.5) is 10.5 Å². The van der Waals surface area contributed by atoms with Crippen LogP contribution in [-0.2, 0) is 4.79 Å². The number of carboxylic acids is 1. The zero-order valence-corrected chi connectivity index (χ0v) is 16.2. The van der Waals surface area contributed by atoms with E-state index in [1.807, 2.05) is 55.1 Å². The maximum Gasteiger partial charge on any atom is 0.319 e. The van der Waals surface area contributed by atoms with E-state index in [9.17, 15) is 9.59 Å². The van der Waals surface area contributed by atoms with Crippen LogP contribution in [0.5, 0.6) is 0 Å². The number of aromatic nitrogens is 1. The number of anilines is 1. The lowest BCUT2D eigenvalue weighted by molar-refractivity contribution is -0.139. The Hall–Kier alpha value is -2.93. The van der Waals surface area contributed by atoms with Crippen molar-refractivity contribution in [3.63, 3.8) is 0 Å². The number of hydrogen-bond donors (Lipinski definition) is 3. The maximum atomic E-state index is 12.4. The van der Waals surface area contributed by atoms with Crippen LogP contribution in [0.15, 0.2) is 42.6 Å². The largest absolute Gasteiger partial charge is 0.480 e. The average molecular weight is 382 g/mol. The van der Waals surface area contributed by atoms with Crippen molar-refractivity contribution in [2.24, 2.45) is 0 Å². The summed E-state index contributed by atoms with van der Waals surface area (Å²) >= 11 is 0. The summed E-state index contributed by atoms with van der Waals surface area (Å²) in [5.74, 6) is -0.822. The summed E-state index contributed by atoms with van der Waals surface area (Å²) in [4.78, 5) is 29.6. The lowest BCUT2D eigenvalue weighted by Gasteiger charge is -2.42. The Morgan fingerprint density at radius 1 is 1.21 bits per heavy atom. The minimum atomic E-state index is -0.822. The number of aryl methyl sites for hydroxylation is 1. The van der Waals surface area contributed by atoms with Crippen molar-refractivity contribution in [3.05, 3.63) is 48.3 Å². The predicted molar refractivity (Wildman–Crippen MR) is 108 cm³/mol. The van der Waals surface area contributed by atoms with Gasteiger partial charge in [0.05, 0.1) is 17.9 Å². The Bertz CT molecular complexity index is 835. The highest BCUT2D eigenvalue weighted by Gasteiger charge is 2.34. The van der Waals surface area contributed by atoms with E-state index >= 15 is 0 Å². The fourth-order valence-electron chi connectivity index (χ4n) is 3.47. The number of urea groups is 1. The number of carbonyl (C=O) groups excluding carboxylic acids is 1. The van der Waals surface area contributed by atoms with E-state index in [1.165, 1.54) is 0 Å². The van der Waals surface area contributed by atoms with E-state index in [1.54, 1.807) is 6.20 Å². The van der Waals surface area contributed by atoms with E-state index in [-0.39, 0.29) is 24.7 Å². The van der Waals surface area contributed by atoms with Crippen LogP contribution in [0.2, 0.25) is 0 Å². The summed E-state index contributed by atoms with van der Waals surface area (Å²) in [6.45, 7) is 4.53. The SMILES string of the molecule is CCN(CC(=O)O)C1CC(NC(=O)Nc2cc(-c3ccccc3)cnc2C)C1. The monoisotopic (exact) mass is 382 g/mol. The van der Waals surface area contributed by atoms with Gasteiger partial charge in [-0.2, -0.15) is 0 Å². The Labute approximate surface area is 164 Å². The first-order chi connectivity index (χ1) is 13.5. The van der Waals surface area contributed by atoms with Gasteiger partial charge >= 0.3 is 12.0 Å². The first-order valence-electron chi connectivity index (χ1n) is 9.51. The Morgan fingerprint density at radius 3 is 2.57 bits per heavy atom. The third kappa shape index (κ3) is 4.86. The minimum absolute atomic E-state index is 0.0389. The van der Waals surface area contributed by atoms with Crippen molar-refractivity contribution in [2.45, 2.75) is 38.8 Å². The standard InChI is InChI=1S/C21H26N4O3/c1-3-25(13-20(26)27)18-10-17(11-18)23-21(28)24-19-9-16(12-22-14(19)2)15-7-5-4-6-8-15/h4-9,12,17-18H,3,10-11,13H2,1-2H3,(H,26,27)(H2,23,24,28). The highest BCUT2D eigenvalue weighted by Crippen LogP contribution is 2.26. The molecule has 1 aliphatic carbocycles. The maximum absolute atomic E-state index is 12.4. The molecule has 0 spiro atoms. The molecule has 1 aromatic heterocycles. The molecule has 3 N–H and O–H groups in total. The molecule has 0 bridgehead atoms. The molecular weight excluding hydrogens is 356 g/mol. The topological polar surface area (TPSA) is 94.6 Å². The Balaban J connectivity index is 1.55. The predicted octanol–water partition coefficient (Wildman–Crippen LogP) is 3.12. The van der Waals surface area contributed by atoms with E-state index in [0.29, 0.717) is 12.2 Å². The van der Waals surface area contributed by atoms with Crippen molar-refractivity contribution in [2.75, 3.05) is 18.4 Å². The number of amides is 2. The van der Waals surface area contributed by atoms with Gasteiger partial charge in [-0.05, 0) is 37.9 Å². The van der Waals surface area contributed by atoms with Crippen LogP contribution in [0.1, 0.15) is 25.5 Å². The third-order valence-electron chi connectivity index (χ3n) is 5.15. The van der Waals surface area contributed by atoms with Crippen LogP contribution in [-0.4, -0.2) is 52.2 Å². The summed E-state index contributed by atoms with van der Waals surface area (Å²) in [7, 11) is 0. The molecular formula is C21H26N4O3. The summed E-state index contributed by atoms with van der Waals surface area (Å²) in [5.41, 5.74) is 3.41. The molecule has 0 saturated heterocycles. The van der Waals surface area contributed by atoms with Crippen LogP contribution >= 0.6 is 0 Å². The second-order valence-electron chi connectivity index (χ2n) is 7.10. The molecule has 1 heterocycles. The van der Waals surface area contributed by atoms with Gasteiger partial charge in [0.2, 0.25) is 0 Å². The van der Waals surface area contributed by atoms with Crippen molar-refractivity contribution in [1.82, 2.24) is 15.2 Å². The van der Waals surface area contributed by atoms with Crippen molar-refractivity contribution < 1.29 is 14.7 Å². The van der Waals surface area contributed by atoms with E-state index in [4.69, 9.17) is 5.11 Å². The second-order valence-corrected chi connectivity index (χ2v) is 7.10. The van der Waals surface area contributed by atoms with Gasteiger partial charge < -0.3 is 15.7 Å². The number of carbonyl (C=O) groups is 2. The lowest BCUT2D eigenvalue weighted by atomic mass is 9.85. The number of rotatable bonds is 7. The number of nitrogens with one attached hydrogen (secondary N) is 2. The molecule has 148 valence electrons. The van der Waals surface area contributed by atoms with Crippen molar-refractivity contribution in [3.8, 4) is 11.1 Å². The first-order valence-corrected chi connectivity index (χ1v) is 9.51. The van der Waals surface area contributed by atoms with Gasteiger partial charge in [-0.1, -0.05) is 37.3 Å². The van der Waals surface area contributed by atoms with Crippen LogP contribution in [0.25, 0.3) is 11.1 Å². The number of likely N-dealkylation sites (N-methyl/N-ethyl adjacent to an activating group) is 1. The lowest BCUT2D eigenvalue weighted by Crippen LogP contribution is -2.55. The second kappa shape index (κ2) is 8.84. The zero-order chi connectivity index (χ0) is 20.1. The molecule has 3 rings (SSSR count). The van der Waals surface area contributed by atoms with Crippen molar-refractivity contribution >= 4 is 17.7 Å². The molecule has 7 heteroatoms. The smallest absolute Gasteiger partial charge is 0.319 e. The van der Waals surface area contributed by atoms with Gasteiger partial charge in [-0.25, -0.2) is 4.79 Å². The number of benzene rings is 1. The summed E-state index contributed by atoms with van der Waals surface area (Å²) in [6.07, 6.45) is 3.32. The fraction of sp³-hybridized carbons (Fsp3) is 0.381. The van der Waals surface area contributed by atoms with Crippen molar-refractivity contribution in [1.29, 1.82) is 0 Å². The normalized spacial score (nSPS) is 18.4. The molecule has 0 unspecified atom stereocenters. The molecule has 7 nitrogen and oxygen atoms in total. The van der Waals surface area contributed by atoms with E-state index in [2.05, 4.69) is 15.6 Å². The number of carboxylic acid groups (broad SMARTS) is 1. The fourth-order valence-corrected chi connectivity index (χ4v) is 3.47.